The van der Waals surface area contributed by atoms with Crippen molar-refractivity contribution in [1.29, 1.82) is 0 Å². The summed E-state index contributed by atoms with van der Waals surface area (Å²) in [7, 11) is 1.92. The fraction of sp³-hybridized carbons (Fsp3) is 0.238. The van der Waals surface area contributed by atoms with Crippen LogP contribution in [0, 0.1) is 0 Å². The van der Waals surface area contributed by atoms with Crippen LogP contribution in [0.2, 0.25) is 0 Å². The average Bonchev–Trinajstić information content (AvgIpc) is 3.00. The van der Waals surface area contributed by atoms with Gasteiger partial charge in [-0.05, 0) is 38.1 Å². The van der Waals surface area contributed by atoms with Gasteiger partial charge in [0.1, 0.15) is 0 Å². The number of para-hydroxylation sites is 1. The fourth-order valence-electron chi connectivity index (χ4n) is 3.14. The van der Waals surface area contributed by atoms with Crippen LogP contribution in [0.3, 0.4) is 0 Å². The molecule has 1 aromatic heterocycles. The molecule has 0 aliphatic rings. The normalized spacial score (nSPS) is 10.7. The second kappa shape index (κ2) is 7.44. The van der Waals surface area contributed by atoms with Gasteiger partial charge in [-0.1, -0.05) is 24.3 Å². The van der Waals surface area contributed by atoms with Crippen molar-refractivity contribution in [3.63, 3.8) is 0 Å². The van der Waals surface area contributed by atoms with E-state index in [9.17, 15) is 9.59 Å². The molecule has 0 aliphatic carbocycles. The maximum absolute atomic E-state index is 12.7. The number of benzene rings is 2. The Morgan fingerprint density at radius 1 is 1.04 bits per heavy atom. The number of aryl methyl sites for hydroxylation is 1. The molecule has 3 rings (SSSR count). The Kier molecular flexibility index (Phi) is 5.07. The molecule has 134 valence electrons. The molecule has 5 nitrogen and oxygen atoms in total. The Hall–Kier alpha value is -3.08. The molecule has 3 aromatic rings. The number of nitrogens with zero attached hydrogens (tertiary/aromatic N) is 2. The molecule has 0 atom stereocenters. The lowest BCUT2D eigenvalue weighted by Crippen LogP contribution is -2.30. The van der Waals surface area contributed by atoms with Gasteiger partial charge < -0.3 is 14.8 Å². The van der Waals surface area contributed by atoms with E-state index in [1.807, 2.05) is 55.9 Å². The Balaban J connectivity index is 1.86. The minimum Gasteiger partial charge on any atom is -0.350 e. The first kappa shape index (κ1) is 17.7. The van der Waals surface area contributed by atoms with Crippen LogP contribution in [0.15, 0.2) is 54.7 Å². The summed E-state index contributed by atoms with van der Waals surface area (Å²) < 4.78 is 1.94. The minimum absolute atomic E-state index is 0.0312. The van der Waals surface area contributed by atoms with Gasteiger partial charge in [-0.15, -0.1) is 0 Å². The van der Waals surface area contributed by atoms with Crippen molar-refractivity contribution in [2.75, 3.05) is 18.4 Å². The largest absolute Gasteiger partial charge is 0.350 e. The topological polar surface area (TPSA) is 54.3 Å². The Bertz CT molecular complexity index is 955. The summed E-state index contributed by atoms with van der Waals surface area (Å²) in [5, 5.41) is 3.82. The maximum atomic E-state index is 12.7. The molecule has 2 amide bonds. The zero-order valence-electron chi connectivity index (χ0n) is 15.3. The van der Waals surface area contributed by atoms with E-state index in [0.29, 0.717) is 29.9 Å². The molecule has 26 heavy (non-hydrogen) atoms. The van der Waals surface area contributed by atoms with Gasteiger partial charge >= 0.3 is 0 Å². The van der Waals surface area contributed by atoms with Crippen molar-refractivity contribution in [1.82, 2.24) is 9.47 Å². The van der Waals surface area contributed by atoms with Crippen LogP contribution in [0.4, 0.5) is 5.69 Å². The number of carbonyl (C=O) groups is 2. The average molecular weight is 349 g/mol. The number of aromatic nitrogens is 1. The number of fused-ring (bicyclic) bond motifs is 1. The molecule has 2 aromatic carbocycles. The minimum atomic E-state index is -0.186. The van der Waals surface area contributed by atoms with Crippen LogP contribution in [-0.4, -0.2) is 34.4 Å². The van der Waals surface area contributed by atoms with Crippen LogP contribution in [0.25, 0.3) is 10.9 Å². The lowest BCUT2D eigenvalue weighted by molar-refractivity contribution is 0.0772. The van der Waals surface area contributed by atoms with Gasteiger partial charge in [-0.3, -0.25) is 9.59 Å². The highest BCUT2D eigenvalue weighted by atomic mass is 16.2. The van der Waals surface area contributed by atoms with Crippen LogP contribution in [0.5, 0.6) is 0 Å². The fourth-order valence-corrected chi connectivity index (χ4v) is 3.14. The molecule has 0 radical (unpaired) electrons. The van der Waals surface area contributed by atoms with Crippen molar-refractivity contribution >= 4 is 28.4 Å². The van der Waals surface area contributed by atoms with Crippen molar-refractivity contribution in [3.8, 4) is 0 Å². The van der Waals surface area contributed by atoms with Gasteiger partial charge in [0.2, 0.25) is 0 Å². The van der Waals surface area contributed by atoms with Crippen LogP contribution < -0.4 is 5.32 Å². The second-order valence-electron chi connectivity index (χ2n) is 6.18. The monoisotopic (exact) mass is 349 g/mol. The molecule has 0 bridgehead atoms. The lowest BCUT2D eigenvalue weighted by Gasteiger charge is -2.19. The summed E-state index contributed by atoms with van der Waals surface area (Å²) in [5.41, 5.74) is 2.80. The first-order valence-electron chi connectivity index (χ1n) is 8.79. The quantitative estimate of drug-likeness (QED) is 0.759. The smallest absolute Gasteiger partial charge is 0.257 e. The summed E-state index contributed by atoms with van der Waals surface area (Å²) in [6.45, 7) is 5.21. The third-order valence-electron chi connectivity index (χ3n) is 4.56. The molecule has 0 saturated heterocycles. The third kappa shape index (κ3) is 3.33. The van der Waals surface area contributed by atoms with E-state index in [1.165, 1.54) is 0 Å². The number of rotatable bonds is 5. The molecular formula is C21H23N3O2. The van der Waals surface area contributed by atoms with E-state index < -0.39 is 0 Å². The van der Waals surface area contributed by atoms with Gasteiger partial charge in [-0.25, -0.2) is 0 Å². The zero-order valence-corrected chi connectivity index (χ0v) is 15.3. The highest BCUT2D eigenvalue weighted by Crippen LogP contribution is 2.22. The predicted molar refractivity (Wildman–Crippen MR) is 105 cm³/mol. The van der Waals surface area contributed by atoms with E-state index in [-0.39, 0.29) is 11.8 Å². The van der Waals surface area contributed by atoms with E-state index in [0.717, 1.165) is 10.9 Å². The first-order valence-corrected chi connectivity index (χ1v) is 8.79. The Morgan fingerprint density at radius 2 is 1.77 bits per heavy atom. The number of carbonyl (C=O) groups excluding carboxylic acids is 2. The number of hydrogen-bond acceptors (Lipinski definition) is 2. The summed E-state index contributed by atoms with van der Waals surface area (Å²) in [5.74, 6) is -0.217. The summed E-state index contributed by atoms with van der Waals surface area (Å²) in [6.07, 6.45) is 1.82. The zero-order chi connectivity index (χ0) is 18.7. The SMILES string of the molecule is CCN(CC)C(=O)c1cccc(NC(=O)c2cn(C)c3ccccc23)c1. The Labute approximate surface area is 153 Å². The second-order valence-corrected chi connectivity index (χ2v) is 6.18. The highest BCUT2D eigenvalue weighted by Gasteiger charge is 2.16. The predicted octanol–water partition coefficient (Wildman–Crippen LogP) is 3.91. The molecule has 1 N–H and O–H groups in total. The maximum Gasteiger partial charge on any atom is 0.257 e. The standard InChI is InChI=1S/C21H23N3O2/c1-4-24(5-2)21(26)15-9-8-10-16(13-15)22-20(25)18-14-23(3)19-12-7-6-11-17(18)19/h6-14H,4-5H2,1-3H3,(H,22,25). The summed E-state index contributed by atoms with van der Waals surface area (Å²) in [6, 6.07) is 14.9. The molecular weight excluding hydrogens is 326 g/mol. The van der Waals surface area contributed by atoms with Crippen molar-refractivity contribution < 1.29 is 9.59 Å². The van der Waals surface area contributed by atoms with Gasteiger partial charge in [0.15, 0.2) is 0 Å². The number of hydrogen-bond donors (Lipinski definition) is 1. The summed E-state index contributed by atoms with van der Waals surface area (Å²) in [4.78, 5) is 27.0. The van der Waals surface area contributed by atoms with Gasteiger partial charge in [0, 0.05) is 48.5 Å². The molecule has 0 fully saturated rings. The van der Waals surface area contributed by atoms with Crippen molar-refractivity contribution in [3.05, 3.63) is 65.9 Å². The molecule has 5 heteroatoms. The summed E-state index contributed by atoms with van der Waals surface area (Å²) >= 11 is 0. The van der Waals surface area contributed by atoms with Gasteiger partial charge in [0.25, 0.3) is 11.8 Å². The van der Waals surface area contributed by atoms with Gasteiger partial charge in [-0.2, -0.15) is 0 Å². The van der Waals surface area contributed by atoms with Gasteiger partial charge in [0.05, 0.1) is 5.56 Å². The molecule has 0 spiro atoms. The van der Waals surface area contributed by atoms with E-state index in [1.54, 1.807) is 29.2 Å². The van der Waals surface area contributed by atoms with Crippen LogP contribution in [0.1, 0.15) is 34.6 Å². The third-order valence-corrected chi connectivity index (χ3v) is 4.56. The number of anilines is 1. The van der Waals surface area contributed by atoms with Crippen molar-refractivity contribution in [2.45, 2.75) is 13.8 Å². The lowest BCUT2D eigenvalue weighted by atomic mass is 10.1. The van der Waals surface area contributed by atoms with Crippen molar-refractivity contribution in [2.24, 2.45) is 7.05 Å². The molecule has 1 heterocycles. The molecule has 0 aliphatic heterocycles. The highest BCUT2D eigenvalue weighted by molar-refractivity contribution is 6.13. The number of amides is 2. The van der Waals surface area contributed by atoms with E-state index in [4.69, 9.17) is 0 Å². The van der Waals surface area contributed by atoms with Crippen LogP contribution in [-0.2, 0) is 7.05 Å². The Morgan fingerprint density at radius 3 is 2.50 bits per heavy atom. The molecule has 0 unspecified atom stereocenters. The number of nitrogens with one attached hydrogen (secondary N) is 1. The first-order chi connectivity index (χ1) is 12.5. The van der Waals surface area contributed by atoms with E-state index in [2.05, 4.69) is 5.32 Å². The van der Waals surface area contributed by atoms with Crippen LogP contribution >= 0.6 is 0 Å². The van der Waals surface area contributed by atoms with E-state index >= 15 is 0 Å². The molecule has 0 saturated carbocycles.